The minimum Gasteiger partial charge on any atom is -0.293 e. The highest BCUT2D eigenvalue weighted by Crippen LogP contribution is 2.21. The van der Waals surface area contributed by atoms with E-state index in [4.69, 9.17) is 0 Å². The fourth-order valence-corrected chi connectivity index (χ4v) is 3.10. The van der Waals surface area contributed by atoms with Crippen molar-refractivity contribution in [3.63, 3.8) is 0 Å². The topological polar surface area (TPSA) is 17.1 Å². The molecule has 0 N–H and O–H groups in total. The summed E-state index contributed by atoms with van der Waals surface area (Å²) >= 11 is 4.74. The van der Waals surface area contributed by atoms with Crippen LogP contribution in [0.4, 0.5) is 4.39 Å². The first kappa shape index (κ1) is 13.4. The third kappa shape index (κ3) is 3.27. The number of carbonyl (C=O) groups is 1. The number of carbonyl (C=O) groups excluding carboxylic acids is 1. The molecule has 2 rings (SSSR count). The first-order valence-electron chi connectivity index (χ1n) is 5.65. The number of rotatable bonds is 4. The van der Waals surface area contributed by atoms with Crippen LogP contribution in [0.25, 0.3) is 0 Å². The second kappa shape index (κ2) is 5.76. The van der Waals surface area contributed by atoms with Crippen LogP contribution in [-0.2, 0) is 12.8 Å². The van der Waals surface area contributed by atoms with Crippen LogP contribution in [0.5, 0.6) is 0 Å². The summed E-state index contributed by atoms with van der Waals surface area (Å²) in [7, 11) is 0. The predicted octanol–water partition coefficient (Wildman–Crippen LogP) is 4.64. The molecule has 0 unspecified atom stereocenters. The highest BCUT2D eigenvalue weighted by atomic mass is 79.9. The summed E-state index contributed by atoms with van der Waals surface area (Å²) in [6.45, 7) is 2.06. The molecular weight excluding hydrogens is 315 g/mol. The second-order valence-electron chi connectivity index (χ2n) is 4.00. The molecule has 0 saturated carbocycles. The summed E-state index contributed by atoms with van der Waals surface area (Å²) in [5, 5.41) is 0. The second-order valence-corrected chi connectivity index (χ2v) is 6.08. The average molecular weight is 327 g/mol. The van der Waals surface area contributed by atoms with Gasteiger partial charge in [-0.3, -0.25) is 4.79 Å². The van der Waals surface area contributed by atoms with Crippen molar-refractivity contribution in [2.24, 2.45) is 0 Å². The highest BCUT2D eigenvalue weighted by molar-refractivity contribution is 9.10. The zero-order valence-electron chi connectivity index (χ0n) is 9.87. The molecule has 1 aromatic heterocycles. The number of Topliss-reactive ketones (excluding diaryl/α,β-unsaturated/α-hetero) is 1. The Balaban J connectivity index is 2.15. The van der Waals surface area contributed by atoms with Crippen LogP contribution in [0.2, 0.25) is 0 Å². The van der Waals surface area contributed by atoms with E-state index in [-0.39, 0.29) is 18.0 Å². The van der Waals surface area contributed by atoms with Crippen molar-refractivity contribution in [2.75, 3.05) is 0 Å². The van der Waals surface area contributed by atoms with Gasteiger partial charge in [0.1, 0.15) is 5.82 Å². The van der Waals surface area contributed by atoms with Gasteiger partial charge in [0.2, 0.25) is 0 Å². The highest BCUT2D eigenvalue weighted by Gasteiger charge is 2.11. The summed E-state index contributed by atoms with van der Waals surface area (Å²) < 4.78 is 13.9. The van der Waals surface area contributed by atoms with Gasteiger partial charge in [-0.2, -0.15) is 0 Å². The van der Waals surface area contributed by atoms with Gasteiger partial charge >= 0.3 is 0 Å². The standard InChI is InChI=1S/C14H12BrFOS/c1-2-12-3-4-14(18-12)13(17)7-9-5-10(15)8-11(16)6-9/h3-6,8H,2,7H2,1H3. The van der Waals surface area contributed by atoms with Crippen molar-refractivity contribution in [2.45, 2.75) is 19.8 Å². The van der Waals surface area contributed by atoms with Crippen LogP contribution in [0.15, 0.2) is 34.8 Å². The maximum absolute atomic E-state index is 13.2. The van der Waals surface area contributed by atoms with Gasteiger partial charge in [0.15, 0.2) is 5.78 Å². The Morgan fingerprint density at radius 1 is 1.33 bits per heavy atom. The Kier molecular flexibility index (Phi) is 4.30. The molecular formula is C14H12BrFOS. The lowest BCUT2D eigenvalue weighted by Crippen LogP contribution is -2.01. The molecule has 4 heteroatoms. The molecule has 0 fully saturated rings. The van der Waals surface area contributed by atoms with Gasteiger partial charge in [-0.05, 0) is 42.3 Å². The smallest absolute Gasteiger partial charge is 0.177 e. The molecule has 0 amide bonds. The van der Waals surface area contributed by atoms with E-state index in [9.17, 15) is 9.18 Å². The molecule has 94 valence electrons. The molecule has 0 radical (unpaired) electrons. The van der Waals surface area contributed by atoms with Crippen LogP contribution in [-0.4, -0.2) is 5.78 Å². The number of benzene rings is 1. The third-order valence-electron chi connectivity index (χ3n) is 2.57. The lowest BCUT2D eigenvalue weighted by molar-refractivity contribution is 0.0997. The zero-order chi connectivity index (χ0) is 13.1. The van der Waals surface area contributed by atoms with Crippen molar-refractivity contribution in [1.82, 2.24) is 0 Å². The van der Waals surface area contributed by atoms with Crippen molar-refractivity contribution in [3.05, 3.63) is 55.9 Å². The first-order chi connectivity index (χ1) is 8.58. The normalized spacial score (nSPS) is 10.6. The van der Waals surface area contributed by atoms with Gasteiger partial charge in [-0.15, -0.1) is 11.3 Å². The van der Waals surface area contributed by atoms with E-state index in [0.717, 1.165) is 11.3 Å². The van der Waals surface area contributed by atoms with Crippen molar-refractivity contribution in [3.8, 4) is 0 Å². The Bertz CT molecular complexity index is 557. The van der Waals surface area contributed by atoms with Crippen LogP contribution >= 0.6 is 27.3 Å². The monoisotopic (exact) mass is 326 g/mol. The lowest BCUT2D eigenvalue weighted by Gasteiger charge is -2.01. The molecule has 0 saturated heterocycles. The molecule has 1 nitrogen and oxygen atoms in total. The quantitative estimate of drug-likeness (QED) is 0.748. The summed E-state index contributed by atoms with van der Waals surface area (Å²) in [4.78, 5) is 14.0. The van der Waals surface area contributed by atoms with Gasteiger partial charge in [0.05, 0.1) is 4.88 Å². The minimum atomic E-state index is -0.326. The van der Waals surface area contributed by atoms with Crippen LogP contribution in [0, 0.1) is 5.82 Å². The van der Waals surface area contributed by atoms with Gasteiger partial charge in [0.25, 0.3) is 0 Å². The minimum absolute atomic E-state index is 0.0391. The van der Waals surface area contributed by atoms with Gasteiger partial charge in [-0.1, -0.05) is 22.9 Å². The van der Waals surface area contributed by atoms with E-state index in [1.807, 2.05) is 12.1 Å². The van der Waals surface area contributed by atoms with E-state index in [0.29, 0.717) is 10.0 Å². The maximum atomic E-state index is 13.2. The van der Waals surface area contributed by atoms with Crippen LogP contribution in [0.1, 0.15) is 27.0 Å². The van der Waals surface area contributed by atoms with E-state index in [2.05, 4.69) is 22.9 Å². The first-order valence-corrected chi connectivity index (χ1v) is 7.26. The Morgan fingerprint density at radius 2 is 2.11 bits per heavy atom. The number of hydrogen-bond donors (Lipinski definition) is 0. The fraction of sp³-hybridized carbons (Fsp3) is 0.214. The van der Waals surface area contributed by atoms with Crippen molar-refractivity contribution < 1.29 is 9.18 Å². The van der Waals surface area contributed by atoms with E-state index >= 15 is 0 Å². The molecule has 1 heterocycles. The van der Waals surface area contributed by atoms with Gasteiger partial charge in [0, 0.05) is 15.8 Å². The number of halogens is 2. The SMILES string of the molecule is CCc1ccc(C(=O)Cc2cc(F)cc(Br)c2)s1. The van der Waals surface area contributed by atoms with Gasteiger partial charge < -0.3 is 0 Å². The summed E-state index contributed by atoms with van der Waals surface area (Å²) in [5.41, 5.74) is 0.693. The molecule has 1 aromatic carbocycles. The molecule has 0 spiro atoms. The van der Waals surface area contributed by atoms with Gasteiger partial charge in [-0.25, -0.2) is 4.39 Å². The molecule has 2 aromatic rings. The number of ketones is 1. The molecule has 0 aliphatic heterocycles. The number of aryl methyl sites for hydroxylation is 1. The largest absolute Gasteiger partial charge is 0.293 e. The van der Waals surface area contributed by atoms with E-state index in [1.165, 1.54) is 28.3 Å². The average Bonchev–Trinajstić information content (AvgIpc) is 2.75. The zero-order valence-corrected chi connectivity index (χ0v) is 12.3. The number of thiophene rings is 1. The molecule has 18 heavy (non-hydrogen) atoms. The molecule has 0 aliphatic rings. The molecule has 0 bridgehead atoms. The summed E-state index contributed by atoms with van der Waals surface area (Å²) in [5.74, 6) is -0.287. The predicted molar refractivity (Wildman–Crippen MR) is 75.8 cm³/mol. The van der Waals surface area contributed by atoms with Crippen molar-refractivity contribution >= 4 is 33.0 Å². The maximum Gasteiger partial charge on any atom is 0.177 e. The van der Waals surface area contributed by atoms with Crippen LogP contribution in [0.3, 0.4) is 0 Å². The van der Waals surface area contributed by atoms with Crippen molar-refractivity contribution in [1.29, 1.82) is 0 Å². The molecule has 0 atom stereocenters. The Hall–Kier alpha value is -1.00. The summed E-state index contributed by atoms with van der Waals surface area (Å²) in [6.07, 6.45) is 1.17. The van der Waals surface area contributed by atoms with Crippen LogP contribution < -0.4 is 0 Å². The van der Waals surface area contributed by atoms with E-state index in [1.54, 1.807) is 6.07 Å². The summed E-state index contributed by atoms with van der Waals surface area (Å²) in [6, 6.07) is 8.38. The Morgan fingerprint density at radius 3 is 2.72 bits per heavy atom. The molecule has 0 aliphatic carbocycles. The fourth-order valence-electron chi connectivity index (χ4n) is 1.70. The van der Waals surface area contributed by atoms with E-state index < -0.39 is 0 Å². The Labute approximate surface area is 118 Å². The number of hydrogen-bond acceptors (Lipinski definition) is 2. The lowest BCUT2D eigenvalue weighted by atomic mass is 10.1. The third-order valence-corrected chi connectivity index (χ3v) is 4.30.